The third kappa shape index (κ3) is 5.26. The van der Waals surface area contributed by atoms with Crippen LogP contribution in [-0.2, 0) is 14.8 Å². The van der Waals surface area contributed by atoms with Gasteiger partial charge in [0, 0.05) is 25.7 Å². The van der Waals surface area contributed by atoms with Crippen LogP contribution in [0.15, 0.2) is 18.2 Å². The van der Waals surface area contributed by atoms with Crippen molar-refractivity contribution in [2.45, 2.75) is 30.9 Å². The molecule has 0 bridgehead atoms. The Kier molecular flexibility index (Phi) is 7.25. The Labute approximate surface area is 178 Å². The molecule has 8 nitrogen and oxygen atoms in total. The number of carbonyl (C=O) groups is 1. The highest BCUT2D eigenvalue weighted by Gasteiger charge is 2.41. The Morgan fingerprint density at radius 1 is 1.07 bits per heavy atom. The quantitative estimate of drug-likeness (QED) is 0.593. The van der Waals surface area contributed by atoms with Gasteiger partial charge in [-0.1, -0.05) is 0 Å². The summed E-state index contributed by atoms with van der Waals surface area (Å²) >= 11 is 0. The minimum absolute atomic E-state index is 0.158. The molecule has 30 heavy (non-hydrogen) atoms. The molecule has 1 aromatic carbocycles. The third-order valence-corrected chi connectivity index (χ3v) is 7.96. The average molecular weight is 439 g/mol. The lowest BCUT2D eigenvalue weighted by Crippen LogP contribution is -2.42. The van der Waals surface area contributed by atoms with E-state index in [1.807, 2.05) is 0 Å². The van der Waals surface area contributed by atoms with Gasteiger partial charge in [-0.25, -0.2) is 12.7 Å². The highest BCUT2D eigenvalue weighted by atomic mass is 32.2. The van der Waals surface area contributed by atoms with E-state index in [2.05, 4.69) is 5.32 Å². The highest BCUT2D eigenvalue weighted by Crippen LogP contribution is 2.38. The fourth-order valence-electron chi connectivity index (χ4n) is 3.62. The Balaban J connectivity index is 1.50. The molecule has 3 rings (SSSR count). The first-order chi connectivity index (χ1) is 14.4. The number of sulfonamides is 1. The van der Waals surface area contributed by atoms with E-state index in [1.165, 1.54) is 13.2 Å². The monoisotopic (exact) mass is 438 g/mol. The third-order valence-electron chi connectivity index (χ3n) is 5.56. The summed E-state index contributed by atoms with van der Waals surface area (Å²) in [5, 5.41) is 2.75. The van der Waals surface area contributed by atoms with E-state index < -0.39 is 10.0 Å². The van der Waals surface area contributed by atoms with Crippen molar-refractivity contribution in [1.29, 1.82) is 0 Å². The minimum Gasteiger partial charge on any atom is -0.493 e. The summed E-state index contributed by atoms with van der Waals surface area (Å²) in [6.07, 6.45) is 6.26. The lowest BCUT2D eigenvalue weighted by atomic mass is 9.98. The second-order valence-electron chi connectivity index (χ2n) is 7.62. The fourth-order valence-corrected chi connectivity index (χ4v) is 5.49. The van der Waals surface area contributed by atoms with E-state index in [0.29, 0.717) is 36.9 Å². The predicted molar refractivity (Wildman–Crippen MR) is 114 cm³/mol. The summed E-state index contributed by atoms with van der Waals surface area (Å²) < 4.78 is 42.1. The van der Waals surface area contributed by atoms with Crippen LogP contribution in [0.1, 0.15) is 31.2 Å². The first-order valence-corrected chi connectivity index (χ1v) is 11.6. The van der Waals surface area contributed by atoms with Crippen LogP contribution in [0.5, 0.6) is 17.2 Å². The topological polar surface area (TPSA) is 94.2 Å². The van der Waals surface area contributed by atoms with E-state index in [1.54, 1.807) is 36.7 Å². The Bertz CT molecular complexity index is 862. The number of benzene rings is 1. The molecule has 0 aromatic heterocycles. The number of amides is 1. The maximum atomic E-state index is 12.3. The molecule has 0 spiro atoms. The van der Waals surface area contributed by atoms with E-state index >= 15 is 0 Å². The molecule has 0 radical (unpaired) electrons. The van der Waals surface area contributed by atoms with Gasteiger partial charge < -0.3 is 19.5 Å². The van der Waals surface area contributed by atoms with E-state index in [0.717, 1.165) is 31.2 Å². The molecular weight excluding hydrogens is 408 g/mol. The van der Waals surface area contributed by atoms with Crippen LogP contribution in [0.2, 0.25) is 0 Å². The van der Waals surface area contributed by atoms with Crippen LogP contribution in [-0.4, -0.2) is 64.8 Å². The summed E-state index contributed by atoms with van der Waals surface area (Å²) in [5.41, 5.74) is 0.748. The van der Waals surface area contributed by atoms with Crippen LogP contribution in [0.25, 0.3) is 6.08 Å². The first-order valence-electron chi connectivity index (χ1n) is 10.1. The van der Waals surface area contributed by atoms with Gasteiger partial charge in [-0.15, -0.1) is 0 Å². The molecule has 0 unspecified atom stereocenters. The zero-order valence-corrected chi connectivity index (χ0v) is 18.5. The van der Waals surface area contributed by atoms with Gasteiger partial charge in [-0.05, 0) is 55.4 Å². The van der Waals surface area contributed by atoms with Gasteiger partial charge in [0.2, 0.25) is 21.7 Å². The number of hydrogen-bond donors (Lipinski definition) is 1. The predicted octanol–water partition coefficient (Wildman–Crippen LogP) is 2.05. The molecule has 1 heterocycles. The number of nitrogens with one attached hydrogen (secondary N) is 1. The van der Waals surface area contributed by atoms with Crippen LogP contribution >= 0.6 is 0 Å². The molecule has 1 amide bonds. The summed E-state index contributed by atoms with van der Waals surface area (Å²) in [6, 6.07) is 3.53. The number of hydrogen-bond acceptors (Lipinski definition) is 6. The zero-order valence-electron chi connectivity index (χ0n) is 17.7. The Morgan fingerprint density at radius 2 is 1.67 bits per heavy atom. The molecule has 166 valence electrons. The van der Waals surface area contributed by atoms with Gasteiger partial charge in [0.05, 0.1) is 26.6 Å². The molecule has 1 saturated heterocycles. The molecule has 9 heteroatoms. The van der Waals surface area contributed by atoms with Crippen molar-refractivity contribution in [2.75, 3.05) is 41.0 Å². The second kappa shape index (κ2) is 9.70. The molecule has 1 saturated carbocycles. The van der Waals surface area contributed by atoms with Gasteiger partial charge in [0.15, 0.2) is 11.5 Å². The number of rotatable bonds is 9. The van der Waals surface area contributed by atoms with Crippen LogP contribution in [0, 0.1) is 5.92 Å². The van der Waals surface area contributed by atoms with Crippen molar-refractivity contribution in [2.24, 2.45) is 5.92 Å². The van der Waals surface area contributed by atoms with Gasteiger partial charge in [0.1, 0.15) is 0 Å². The number of ether oxygens (including phenoxy) is 3. The number of piperidine rings is 1. The standard InChI is InChI=1S/C21H30N2O6S/c1-27-18-12-16(13-19(28-2)21(18)29-3)4-7-20(24)22-14-15-8-10-23(11-9-15)30(25,26)17-5-6-17/h4,7,12-13,15,17H,5-6,8-11,14H2,1-3H3,(H,22,24). The van der Waals surface area contributed by atoms with E-state index in [-0.39, 0.29) is 17.1 Å². The Morgan fingerprint density at radius 3 is 2.17 bits per heavy atom. The average Bonchev–Trinajstić information content (AvgIpc) is 3.61. The maximum absolute atomic E-state index is 12.3. The maximum Gasteiger partial charge on any atom is 0.244 e. The Hall–Kier alpha value is -2.26. The molecule has 0 atom stereocenters. The van der Waals surface area contributed by atoms with Gasteiger partial charge in [0.25, 0.3) is 0 Å². The van der Waals surface area contributed by atoms with Crippen molar-refractivity contribution in [1.82, 2.24) is 9.62 Å². The van der Waals surface area contributed by atoms with E-state index in [9.17, 15) is 13.2 Å². The second-order valence-corrected chi connectivity index (χ2v) is 9.84. The lowest BCUT2D eigenvalue weighted by molar-refractivity contribution is -0.116. The van der Waals surface area contributed by atoms with Crippen LogP contribution in [0.4, 0.5) is 0 Å². The van der Waals surface area contributed by atoms with Crippen LogP contribution in [0.3, 0.4) is 0 Å². The first kappa shape index (κ1) is 22.4. The summed E-state index contributed by atoms with van der Waals surface area (Å²) in [5.74, 6) is 1.62. The number of nitrogens with zero attached hydrogens (tertiary/aromatic N) is 1. The SMILES string of the molecule is COc1cc(C=CC(=O)NCC2CCN(S(=O)(=O)C3CC3)CC2)cc(OC)c1OC. The fraction of sp³-hybridized carbons (Fsp3) is 0.571. The molecular formula is C21H30N2O6S. The molecule has 2 fully saturated rings. The lowest BCUT2D eigenvalue weighted by Gasteiger charge is -2.31. The van der Waals surface area contributed by atoms with Crippen molar-refractivity contribution < 1.29 is 27.4 Å². The summed E-state index contributed by atoms with van der Waals surface area (Å²) in [6.45, 7) is 1.62. The van der Waals surface area contributed by atoms with Gasteiger partial charge >= 0.3 is 0 Å². The van der Waals surface area contributed by atoms with E-state index in [4.69, 9.17) is 14.2 Å². The zero-order chi connectivity index (χ0) is 21.7. The molecule has 2 aliphatic rings. The molecule has 1 N–H and O–H groups in total. The number of carbonyl (C=O) groups excluding carboxylic acids is 1. The summed E-state index contributed by atoms with van der Waals surface area (Å²) in [7, 11) is 1.52. The number of methoxy groups -OCH3 is 3. The molecule has 1 aliphatic heterocycles. The smallest absolute Gasteiger partial charge is 0.244 e. The normalized spacial score (nSPS) is 18.4. The largest absolute Gasteiger partial charge is 0.493 e. The van der Waals surface area contributed by atoms with Gasteiger partial charge in [-0.3, -0.25) is 4.79 Å². The molecule has 1 aromatic rings. The van der Waals surface area contributed by atoms with Gasteiger partial charge in [-0.2, -0.15) is 0 Å². The molecule has 1 aliphatic carbocycles. The van der Waals surface area contributed by atoms with Crippen LogP contribution < -0.4 is 19.5 Å². The van der Waals surface area contributed by atoms with Crippen molar-refractivity contribution in [3.05, 3.63) is 23.8 Å². The van der Waals surface area contributed by atoms with Crippen molar-refractivity contribution in [3.63, 3.8) is 0 Å². The van der Waals surface area contributed by atoms with Crippen molar-refractivity contribution >= 4 is 22.0 Å². The highest BCUT2D eigenvalue weighted by molar-refractivity contribution is 7.90. The minimum atomic E-state index is -3.09. The van der Waals surface area contributed by atoms with Crippen molar-refractivity contribution in [3.8, 4) is 17.2 Å². The summed E-state index contributed by atoms with van der Waals surface area (Å²) in [4.78, 5) is 12.2.